The van der Waals surface area contributed by atoms with Gasteiger partial charge in [0.05, 0.1) is 22.4 Å². The maximum absolute atomic E-state index is 13.1. The molecule has 5 rings (SSSR count). The lowest BCUT2D eigenvalue weighted by molar-refractivity contribution is -0.134. The first-order valence-electron chi connectivity index (χ1n) is 8.54. The summed E-state index contributed by atoms with van der Waals surface area (Å²) in [5.74, 6) is 0.570. The molecule has 0 N–H and O–H groups in total. The molecule has 0 bridgehead atoms. The number of carbonyl (C=O) groups excluding carboxylic acids is 1. The van der Waals surface area contributed by atoms with E-state index in [1.165, 1.54) is 5.01 Å². The van der Waals surface area contributed by atoms with Crippen LogP contribution in [0.4, 0.5) is 0 Å². The van der Waals surface area contributed by atoms with Crippen molar-refractivity contribution in [1.82, 2.24) is 20.0 Å². The summed E-state index contributed by atoms with van der Waals surface area (Å²) in [5, 5.41) is 16.4. The minimum absolute atomic E-state index is 0.0684. The molecule has 1 aromatic carbocycles. The van der Waals surface area contributed by atoms with Gasteiger partial charge in [0.1, 0.15) is 23.9 Å². The summed E-state index contributed by atoms with van der Waals surface area (Å²) < 4.78 is 7.18. The van der Waals surface area contributed by atoms with Crippen molar-refractivity contribution < 1.29 is 9.21 Å². The summed E-state index contributed by atoms with van der Waals surface area (Å²) in [6, 6.07) is 15.0. The molecule has 0 unspecified atom stereocenters. The highest BCUT2D eigenvalue weighted by molar-refractivity contribution is 7.12. The van der Waals surface area contributed by atoms with E-state index in [1.807, 2.05) is 53.9 Å². The van der Waals surface area contributed by atoms with Crippen LogP contribution in [-0.4, -0.2) is 31.6 Å². The van der Waals surface area contributed by atoms with Gasteiger partial charge in [-0.15, -0.1) is 16.4 Å². The SMILES string of the molecule is O=C(Cn1nnc2ccccc21)N1N=C(c2cccs2)C[C@@H]1c1ccco1. The normalized spacial score (nSPS) is 16.8. The molecule has 1 aliphatic rings. The van der Waals surface area contributed by atoms with Crippen LogP contribution in [0.2, 0.25) is 0 Å². The average Bonchev–Trinajstić information content (AvgIpc) is 3.47. The number of aromatic nitrogens is 3. The predicted octanol–water partition coefficient (Wildman–Crippen LogP) is 3.46. The number of fused-ring (bicyclic) bond motifs is 1. The second-order valence-corrected chi connectivity index (χ2v) is 7.18. The van der Waals surface area contributed by atoms with E-state index in [-0.39, 0.29) is 18.5 Å². The molecular formula is C19H15N5O2S. The number of para-hydroxylation sites is 1. The molecule has 7 nitrogen and oxygen atoms in total. The highest BCUT2D eigenvalue weighted by Gasteiger charge is 2.35. The van der Waals surface area contributed by atoms with Crippen molar-refractivity contribution in [1.29, 1.82) is 0 Å². The Morgan fingerprint density at radius 3 is 2.93 bits per heavy atom. The van der Waals surface area contributed by atoms with Crippen LogP contribution in [0.3, 0.4) is 0 Å². The van der Waals surface area contributed by atoms with E-state index >= 15 is 0 Å². The second kappa shape index (κ2) is 6.48. The highest BCUT2D eigenvalue weighted by atomic mass is 32.1. The first-order valence-corrected chi connectivity index (χ1v) is 9.42. The van der Waals surface area contributed by atoms with E-state index in [0.717, 1.165) is 27.4 Å². The molecule has 134 valence electrons. The zero-order valence-corrected chi connectivity index (χ0v) is 15.0. The van der Waals surface area contributed by atoms with Crippen LogP contribution < -0.4 is 0 Å². The minimum atomic E-state index is -0.251. The van der Waals surface area contributed by atoms with Gasteiger partial charge in [-0.1, -0.05) is 23.4 Å². The smallest absolute Gasteiger partial charge is 0.265 e. The van der Waals surface area contributed by atoms with Gasteiger partial charge in [-0.05, 0) is 35.7 Å². The summed E-state index contributed by atoms with van der Waals surface area (Å²) >= 11 is 1.61. The van der Waals surface area contributed by atoms with Crippen molar-refractivity contribution in [2.24, 2.45) is 5.10 Å². The van der Waals surface area contributed by atoms with Crippen molar-refractivity contribution in [3.8, 4) is 0 Å². The fraction of sp³-hybridized carbons (Fsp3) is 0.158. The van der Waals surface area contributed by atoms with Crippen LogP contribution in [-0.2, 0) is 11.3 Å². The number of carbonyl (C=O) groups is 1. The lowest BCUT2D eigenvalue weighted by atomic mass is 10.1. The Labute approximate surface area is 158 Å². The first-order chi connectivity index (χ1) is 13.3. The third kappa shape index (κ3) is 2.83. The van der Waals surface area contributed by atoms with E-state index in [0.29, 0.717) is 6.42 Å². The molecule has 0 spiro atoms. The fourth-order valence-corrected chi connectivity index (χ4v) is 3.99. The number of hydrazone groups is 1. The van der Waals surface area contributed by atoms with Gasteiger partial charge in [-0.3, -0.25) is 4.79 Å². The van der Waals surface area contributed by atoms with E-state index in [1.54, 1.807) is 22.3 Å². The van der Waals surface area contributed by atoms with Crippen LogP contribution in [0.25, 0.3) is 11.0 Å². The lowest BCUT2D eigenvalue weighted by Gasteiger charge is -2.19. The molecule has 27 heavy (non-hydrogen) atoms. The van der Waals surface area contributed by atoms with Crippen molar-refractivity contribution in [3.05, 3.63) is 70.8 Å². The van der Waals surface area contributed by atoms with Gasteiger partial charge in [0.25, 0.3) is 5.91 Å². The zero-order valence-electron chi connectivity index (χ0n) is 14.2. The lowest BCUT2D eigenvalue weighted by Crippen LogP contribution is -2.30. The molecule has 3 aromatic heterocycles. The van der Waals surface area contributed by atoms with Gasteiger partial charge in [0.15, 0.2) is 0 Å². The van der Waals surface area contributed by atoms with E-state index in [2.05, 4.69) is 15.4 Å². The third-order valence-corrected chi connectivity index (χ3v) is 5.47. The Balaban J connectivity index is 1.47. The molecule has 0 fully saturated rings. The maximum atomic E-state index is 13.1. The quantitative estimate of drug-likeness (QED) is 0.546. The van der Waals surface area contributed by atoms with Crippen molar-refractivity contribution in [2.45, 2.75) is 19.0 Å². The fourth-order valence-electron chi connectivity index (χ4n) is 3.27. The average molecular weight is 377 g/mol. The number of nitrogens with zero attached hydrogens (tertiary/aromatic N) is 5. The molecule has 0 saturated heterocycles. The summed E-state index contributed by atoms with van der Waals surface area (Å²) in [5.41, 5.74) is 2.47. The molecule has 1 amide bonds. The highest BCUT2D eigenvalue weighted by Crippen LogP contribution is 2.34. The largest absolute Gasteiger partial charge is 0.467 e. The number of furan rings is 1. The Bertz CT molecular complexity index is 1110. The summed E-state index contributed by atoms with van der Waals surface area (Å²) in [4.78, 5) is 14.1. The number of amides is 1. The molecule has 1 aliphatic heterocycles. The van der Waals surface area contributed by atoms with E-state index in [4.69, 9.17) is 4.42 Å². The number of benzene rings is 1. The van der Waals surface area contributed by atoms with Crippen molar-refractivity contribution in [2.75, 3.05) is 0 Å². The Hall–Kier alpha value is -3.26. The van der Waals surface area contributed by atoms with Crippen LogP contribution in [0.1, 0.15) is 23.1 Å². The van der Waals surface area contributed by atoms with E-state index < -0.39 is 0 Å². The third-order valence-electron chi connectivity index (χ3n) is 4.55. The zero-order chi connectivity index (χ0) is 18.2. The number of thiophene rings is 1. The molecule has 4 heterocycles. The van der Waals surface area contributed by atoms with Crippen LogP contribution in [0.15, 0.2) is 69.7 Å². The van der Waals surface area contributed by atoms with Crippen molar-refractivity contribution in [3.63, 3.8) is 0 Å². The van der Waals surface area contributed by atoms with Crippen LogP contribution in [0, 0.1) is 0 Å². The van der Waals surface area contributed by atoms with Gasteiger partial charge in [0.2, 0.25) is 0 Å². The van der Waals surface area contributed by atoms with Gasteiger partial charge in [0, 0.05) is 6.42 Å². The number of hydrogen-bond donors (Lipinski definition) is 0. The van der Waals surface area contributed by atoms with Gasteiger partial charge in [-0.2, -0.15) is 5.10 Å². The van der Waals surface area contributed by atoms with Crippen LogP contribution in [0.5, 0.6) is 0 Å². The van der Waals surface area contributed by atoms with Gasteiger partial charge < -0.3 is 4.42 Å². The Morgan fingerprint density at radius 1 is 1.19 bits per heavy atom. The topological polar surface area (TPSA) is 76.5 Å². The number of hydrogen-bond acceptors (Lipinski definition) is 6. The minimum Gasteiger partial charge on any atom is -0.467 e. The monoisotopic (exact) mass is 377 g/mol. The maximum Gasteiger partial charge on any atom is 0.265 e. The molecular weight excluding hydrogens is 362 g/mol. The number of rotatable bonds is 4. The molecule has 1 atom stereocenters. The molecule has 0 aliphatic carbocycles. The molecule has 4 aromatic rings. The summed E-state index contributed by atoms with van der Waals surface area (Å²) in [7, 11) is 0. The standard InChI is InChI=1S/C19H15N5O2S/c25-19(12-23-15-6-2-1-5-13(15)20-22-23)24-16(17-7-3-9-26-17)11-14(21-24)18-8-4-10-27-18/h1-10,16H,11-12H2/t16-/m1/s1. The Morgan fingerprint density at radius 2 is 2.11 bits per heavy atom. The van der Waals surface area contributed by atoms with Crippen LogP contribution >= 0.6 is 11.3 Å². The van der Waals surface area contributed by atoms with Gasteiger partial charge in [-0.25, -0.2) is 9.69 Å². The summed E-state index contributed by atoms with van der Waals surface area (Å²) in [6.07, 6.45) is 2.24. The molecule has 0 saturated carbocycles. The second-order valence-electron chi connectivity index (χ2n) is 6.23. The predicted molar refractivity (Wildman–Crippen MR) is 101 cm³/mol. The summed E-state index contributed by atoms with van der Waals surface area (Å²) in [6.45, 7) is 0.0684. The van der Waals surface area contributed by atoms with Crippen molar-refractivity contribution >= 4 is 34.0 Å². The van der Waals surface area contributed by atoms with Gasteiger partial charge >= 0.3 is 0 Å². The molecule has 0 radical (unpaired) electrons. The molecule has 8 heteroatoms. The van der Waals surface area contributed by atoms with E-state index in [9.17, 15) is 4.79 Å². The Kier molecular flexibility index (Phi) is 3.83. The first kappa shape index (κ1) is 16.0.